The second-order valence-electron chi connectivity index (χ2n) is 5.58. The summed E-state index contributed by atoms with van der Waals surface area (Å²) in [5, 5.41) is 7.41. The summed E-state index contributed by atoms with van der Waals surface area (Å²) in [7, 11) is 1.95. The molecule has 1 aromatic rings. The van der Waals surface area contributed by atoms with Crippen molar-refractivity contribution < 1.29 is 4.79 Å². The fourth-order valence-corrected chi connectivity index (χ4v) is 2.89. The Balaban J connectivity index is 1.82. The van der Waals surface area contributed by atoms with Crippen LogP contribution in [0.3, 0.4) is 0 Å². The van der Waals surface area contributed by atoms with E-state index in [1.54, 1.807) is 0 Å². The zero-order valence-corrected chi connectivity index (χ0v) is 12.1. The van der Waals surface area contributed by atoms with Gasteiger partial charge in [0.2, 0.25) is 5.91 Å². The third-order valence-corrected chi connectivity index (χ3v) is 4.18. The molecule has 0 aromatic carbocycles. The maximum Gasteiger partial charge on any atom is 0.223 e. The smallest absolute Gasteiger partial charge is 0.223 e. The summed E-state index contributed by atoms with van der Waals surface area (Å²) in [5.74, 6) is 0.276. The van der Waals surface area contributed by atoms with Gasteiger partial charge in [0.1, 0.15) is 0 Å². The molecule has 1 aliphatic rings. The average Bonchev–Trinajstić information content (AvgIpc) is 2.88. The molecule has 0 saturated heterocycles. The van der Waals surface area contributed by atoms with Gasteiger partial charge < -0.3 is 11.1 Å². The number of carbonyl (C=O) groups excluding carboxylic acids is 1. The predicted molar refractivity (Wildman–Crippen MR) is 74.7 cm³/mol. The minimum Gasteiger partial charge on any atom is -0.356 e. The van der Waals surface area contributed by atoms with Crippen LogP contribution in [0.15, 0.2) is 0 Å². The van der Waals surface area contributed by atoms with Crippen LogP contribution in [0.2, 0.25) is 0 Å². The number of hydrogen-bond acceptors (Lipinski definition) is 3. The third-order valence-electron chi connectivity index (χ3n) is 4.18. The molecular weight excluding hydrogens is 240 g/mol. The van der Waals surface area contributed by atoms with Gasteiger partial charge in [-0.1, -0.05) is 0 Å². The zero-order chi connectivity index (χ0) is 14.0. The van der Waals surface area contributed by atoms with Crippen LogP contribution in [0.25, 0.3) is 0 Å². The highest BCUT2D eigenvalue weighted by Crippen LogP contribution is 2.24. The van der Waals surface area contributed by atoms with E-state index in [9.17, 15) is 4.79 Å². The molecule has 1 saturated carbocycles. The molecule has 2 atom stereocenters. The van der Waals surface area contributed by atoms with E-state index in [2.05, 4.69) is 17.3 Å². The molecule has 5 nitrogen and oxygen atoms in total. The standard InChI is InChI=1S/C14H24N4O/c1-9-13(10(2)18(3)17-9)6-7-16-14(19)11-4-5-12(15)8-11/h11-12H,4-8,15H2,1-3H3,(H,16,19). The van der Waals surface area contributed by atoms with Gasteiger partial charge in [0, 0.05) is 31.2 Å². The summed E-state index contributed by atoms with van der Waals surface area (Å²) in [6.45, 7) is 4.76. The van der Waals surface area contributed by atoms with Gasteiger partial charge in [-0.25, -0.2) is 0 Å². The summed E-state index contributed by atoms with van der Waals surface area (Å²) >= 11 is 0. The number of nitrogens with one attached hydrogen (secondary N) is 1. The van der Waals surface area contributed by atoms with E-state index >= 15 is 0 Å². The number of carbonyl (C=O) groups is 1. The number of hydrogen-bond donors (Lipinski definition) is 2. The predicted octanol–water partition coefficient (Wildman–Crippen LogP) is 0.823. The molecular formula is C14H24N4O. The SMILES string of the molecule is Cc1nn(C)c(C)c1CCNC(=O)C1CCC(N)C1. The van der Waals surface area contributed by atoms with Gasteiger partial charge in [-0.15, -0.1) is 0 Å². The Kier molecular flexibility index (Phi) is 4.24. The number of aromatic nitrogens is 2. The highest BCUT2D eigenvalue weighted by atomic mass is 16.1. The van der Waals surface area contributed by atoms with Crippen LogP contribution < -0.4 is 11.1 Å². The molecule has 19 heavy (non-hydrogen) atoms. The van der Waals surface area contributed by atoms with E-state index in [1.165, 1.54) is 11.3 Å². The van der Waals surface area contributed by atoms with E-state index < -0.39 is 0 Å². The first-order chi connectivity index (χ1) is 8.99. The molecule has 2 rings (SSSR count). The molecule has 0 aliphatic heterocycles. The van der Waals surface area contributed by atoms with Gasteiger partial charge in [0.25, 0.3) is 0 Å². The molecule has 1 fully saturated rings. The van der Waals surface area contributed by atoms with Crippen molar-refractivity contribution in [1.29, 1.82) is 0 Å². The normalized spacial score (nSPS) is 22.7. The number of amides is 1. The topological polar surface area (TPSA) is 72.9 Å². The van der Waals surface area contributed by atoms with Crippen LogP contribution in [0.1, 0.15) is 36.2 Å². The Labute approximate surface area is 114 Å². The van der Waals surface area contributed by atoms with Crippen molar-refractivity contribution in [3.63, 3.8) is 0 Å². The summed E-state index contributed by atoms with van der Waals surface area (Å²) in [6, 6.07) is 0.207. The van der Waals surface area contributed by atoms with Crippen molar-refractivity contribution in [1.82, 2.24) is 15.1 Å². The Morgan fingerprint density at radius 1 is 1.47 bits per heavy atom. The van der Waals surface area contributed by atoms with Gasteiger partial charge in [-0.2, -0.15) is 5.10 Å². The lowest BCUT2D eigenvalue weighted by Crippen LogP contribution is -2.32. The maximum absolute atomic E-state index is 12.0. The van der Waals surface area contributed by atoms with E-state index in [1.807, 2.05) is 18.7 Å². The van der Waals surface area contributed by atoms with Crippen molar-refractivity contribution in [2.24, 2.45) is 18.7 Å². The van der Waals surface area contributed by atoms with Crippen molar-refractivity contribution >= 4 is 5.91 Å². The van der Waals surface area contributed by atoms with E-state index in [4.69, 9.17) is 5.73 Å². The quantitative estimate of drug-likeness (QED) is 0.845. The summed E-state index contributed by atoms with van der Waals surface area (Å²) in [5.41, 5.74) is 9.30. The van der Waals surface area contributed by atoms with E-state index in [0.717, 1.165) is 31.4 Å². The summed E-state index contributed by atoms with van der Waals surface area (Å²) < 4.78 is 1.89. The molecule has 5 heteroatoms. The van der Waals surface area contributed by atoms with Crippen LogP contribution >= 0.6 is 0 Å². The highest BCUT2D eigenvalue weighted by Gasteiger charge is 2.27. The first-order valence-electron chi connectivity index (χ1n) is 7.01. The van der Waals surface area contributed by atoms with Crippen molar-refractivity contribution in [3.8, 4) is 0 Å². The molecule has 1 amide bonds. The molecule has 1 aromatic heterocycles. The molecule has 106 valence electrons. The molecule has 3 N–H and O–H groups in total. The van der Waals surface area contributed by atoms with Crippen LogP contribution in [0.4, 0.5) is 0 Å². The van der Waals surface area contributed by atoms with Crippen LogP contribution in [0, 0.1) is 19.8 Å². The molecule has 0 bridgehead atoms. The first kappa shape index (κ1) is 14.1. The third kappa shape index (κ3) is 3.15. The molecule has 2 unspecified atom stereocenters. The Bertz CT molecular complexity index is 466. The lowest BCUT2D eigenvalue weighted by atomic mass is 10.1. The number of nitrogens with zero attached hydrogens (tertiary/aromatic N) is 2. The van der Waals surface area contributed by atoms with Crippen molar-refractivity contribution in [3.05, 3.63) is 17.0 Å². The van der Waals surface area contributed by atoms with E-state index in [0.29, 0.717) is 6.54 Å². The Hall–Kier alpha value is -1.36. The fourth-order valence-electron chi connectivity index (χ4n) is 2.89. The summed E-state index contributed by atoms with van der Waals surface area (Å²) in [6.07, 6.45) is 3.57. The molecule has 0 spiro atoms. The minimum atomic E-state index is 0.117. The van der Waals surface area contributed by atoms with Gasteiger partial charge >= 0.3 is 0 Å². The lowest BCUT2D eigenvalue weighted by Gasteiger charge is -2.10. The molecule has 1 aliphatic carbocycles. The number of rotatable bonds is 4. The molecule has 1 heterocycles. The average molecular weight is 264 g/mol. The first-order valence-corrected chi connectivity index (χ1v) is 7.01. The Morgan fingerprint density at radius 2 is 2.21 bits per heavy atom. The summed E-state index contributed by atoms with van der Waals surface area (Å²) in [4.78, 5) is 12.0. The minimum absolute atomic E-state index is 0.117. The monoisotopic (exact) mass is 264 g/mol. The number of nitrogens with two attached hydrogens (primary N) is 1. The van der Waals surface area contributed by atoms with Crippen LogP contribution in [-0.2, 0) is 18.3 Å². The van der Waals surface area contributed by atoms with Gasteiger partial charge in [0.15, 0.2) is 0 Å². The van der Waals surface area contributed by atoms with Crippen molar-refractivity contribution in [2.45, 2.75) is 45.6 Å². The Morgan fingerprint density at radius 3 is 2.74 bits per heavy atom. The second kappa shape index (κ2) is 5.74. The van der Waals surface area contributed by atoms with Crippen LogP contribution in [-0.4, -0.2) is 28.3 Å². The van der Waals surface area contributed by atoms with Crippen molar-refractivity contribution in [2.75, 3.05) is 6.54 Å². The van der Waals surface area contributed by atoms with Gasteiger partial charge in [0.05, 0.1) is 5.69 Å². The zero-order valence-electron chi connectivity index (χ0n) is 12.1. The van der Waals surface area contributed by atoms with Crippen LogP contribution in [0.5, 0.6) is 0 Å². The number of aryl methyl sites for hydroxylation is 2. The fraction of sp³-hybridized carbons (Fsp3) is 0.714. The largest absolute Gasteiger partial charge is 0.356 e. The lowest BCUT2D eigenvalue weighted by molar-refractivity contribution is -0.124. The van der Waals surface area contributed by atoms with Gasteiger partial charge in [-0.05, 0) is 45.1 Å². The van der Waals surface area contributed by atoms with E-state index in [-0.39, 0.29) is 17.9 Å². The second-order valence-corrected chi connectivity index (χ2v) is 5.58. The maximum atomic E-state index is 12.0. The molecule has 0 radical (unpaired) electrons. The van der Waals surface area contributed by atoms with Gasteiger partial charge in [-0.3, -0.25) is 9.48 Å². The highest BCUT2D eigenvalue weighted by molar-refractivity contribution is 5.79.